The van der Waals surface area contributed by atoms with E-state index in [0.29, 0.717) is 11.4 Å². The lowest BCUT2D eigenvalue weighted by molar-refractivity contribution is 0.670. The maximum atomic E-state index is 9.39. The van der Waals surface area contributed by atoms with E-state index in [-0.39, 0.29) is 0 Å². The highest BCUT2D eigenvalue weighted by Crippen LogP contribution is 2.46. The fourth-order valence-electron chi connectivity index (χ4n) is 6.35. The van der Waals surface area contributed by atoms with E-state index >= 15 is 0 Å². The number of furan rings is 1. The second-order valence-corrected chi connectivity index (χ2v) is 12.3. The highest BCUT2D eigenvalue weighted by molar-refractivity contribution is 7.26. The van der Waals surface area contributed by atoms with Crippen LogP contribution in [0.5, 0.6) is 0 Å². The molecule has 0 aliphatic carbocycles. The van der Waals surface area contributed by atoms with Gasteiger partial charge < -0.3 is 4.42 Å². The van der Waals surface area contributed by atoms with Crippen molar-refractivity contribution >= 4 is 53.6 Å². The molecule has 46 heavy (non-hydrogen) atoms. The van der Waals surface area contributed by atoms with Crippen molar-refractivity contribution in [2.24, 2.45) is 0 Å². The molecule has 0 saturated carbocycles. The molecule has 9 rings (SSSR count). The molecule has 0 fully saturated rings. The minimum absolute atomic E-state index is 0.601. The van der Waals surface area contributed by atoms with Gasteiger partial charge in [-0.2, -0.15) is 5.26 Å². The highest BCUT2D eigenvalue weighted by atomic mass is 32.1. The van der Waals surface area contributed by atoms with Crippen LogP contribution in [0.25, 0.3) is 87.1 Å². The molecule has 0 aliphatic heterocycles. The number of rotatable bonds is 4. The van der Waals surface area contributed by atoms with Gasteiger partial charge in [0.15, 0.2) is 5.82 Å². The van der Waals surface area contributed by atoms with Gasteiger partial charge in [-0.15, -0.1) is 11.3 Å². The summed E-state index contributed by atoms with van der Waals surface area (Å²) in [4.78, 5) is 10.4. The summed E-state index contributed by atoms with van der Waals surface area (Å²) < 4.78 is 8.92. The van der Waals surface area contributed by atoms with Crippen molar-refractivity contribution in [1.29, 1.82) is 5.26 Å². The third-order valence-electron chi connectivity index (χ3n) is 8.54. The maximum Gasteiger partial charge on any atom is 0.160 e. The zero-order chi connectivity index (χ0) is 30.6. The van der Waals surface area contributed by atoms with Crippen LogP contribution < -0.4 is 0 Å². The standard InChI is InChI=1S/C41H23N3OS/c42-24-25-18-20-28(21-19-25)41-43-37-30-14-7-8-17-35(30)46-40(37)38(44-41)31-15-9-16-34-36(31)33-23-29(26-10-3-1-4-11-26)22-32(39(33)45-34)27-12-5-2-6-13-27/h1-23H. The first kappa shape index (κ1) is 26.3. The normalized spacial score (nSPS) is 11.5. The van der Waals surface area contributed by atoms with Crippen molar-refractivity contribution in [3.8, 4) is 51.0 Å². The molecule has 0 bridgehead atoms. The number of benzene rings is 6. The van der Waals surface area contributed by atoms with Crippen LogP contribution in [0.15, 0.2) is 144 Å². The lowest BCUT2D eigenvalue weighted by Crippen LogP contribution is -1.94. The average molecular weight is 606 g/mol. The van der Waals surface area contributed by atoms with Gasteiger partial charge >= 0.3 is 0 Å². The molecule has 3 aromatic heterocycles. The van der Waals surface area contributed by atoms with E-state index in [9.17, 15) is 5.26 Å². The molecule has 0 N–H and O–H groups in total. The van der Waals surface area contributed by atoms with Gasteiger partial charge in [0.25, 0.3) is 0 Å². The third kappa shape index (κ3) is 4.20. The van der Waals surface area contributed by atoms with E-state index < -0.39 is 0 Å². The second kappa shape index (κ2) is 10.5. The average Bonchev–Trinajstić information content (AvgIpc) is 3.70. The van der Waals surface area contributed by atoms with Gasteiger partial charge in [-0.25, -0.2) is 9.97 Å². The van der Waals surface area contributed by atoms with Crippen molar-refractivity contribution in [3.05, 3.63) is 145 Å². The second-order valence-electron chi connectivity index (χ2n) is 11.3. The van der Waals surface area contributed by atoms with Gasteiger partial charge in [0.1, 0.15) is 11.2 Å². The summed E-state index contributed by atoms with van der Waals surface area (Å²) in [5.74, 6) is 0.621. The van der Waals surface area contributed by atoms with Gasteiger partial charge in [0, 0.05) is 37.5 Å². The van der Waals surface area contributed by atoms with Crippen LogP contribution >= 0.6 is 11.3 Å². The molecule has 3 heterocycles. The topological polar surface area (TPSA) is 62.7 Å². The van der Waals surface area contributed by atoms with Crippen molar-refractivity contribution in [3.63, 3.8) is 0 Å². The van der Waals surface area contributed by atoms with E-state index in [1.807, 2.05) is 48.5 Å². The third-order valence-corrected chi connectivity index (χ3v) is 9.70. The van der Waals surface area contributed by atoms with Crippen LogP contribution in [0.2, 0.25) is 0 Å². The van der Waals surface area contributed by atoms with Crippen LogP contribution in [0.1, 0.15) is 5.56 Å². The van der Waals surface area contributed by atoms with Gasteiger partial charge in [0.05, 0.1) is 27.5 Å². The Labute approximate surface area is 268 Å². The van der Waals surface area contributed by atoms with E-state index in [1.165, 1.54) is 0 Å². The maximum absolute atomic E-state index is 9.39. The predicted octanol–water partition coefficient (Wildman–Crippen LogP) is 11.3. The zero-order valence-electron chi connectivity index (χ0n) is 24.4. The molecule has 4 nitrogen and oxygen atoms in total. The Balaban J connectivity index is 1.39. The lowest BCUT2D eigenvalue weighted by atomic mass is 9.94. The Morgan fingerprint density at radius 3 is 2.11 bits per heavy atom. The Morgan fingerprint density at radius 1 is 0.587 bits per heavy atom. The molecule has 0 aliphatic rings. The van der Waals surface area contributed by atoms with Crippen molar-refractivity contribution < 1.29 is 4.42 Å². The molecule has 0 atom stereocenters. The summed E-state index contributed by atoms with van der Waals surface area (Å²) in [7, 11) is 0. The molecular formula is C41H23N3OS. The van der Waals surface area contributed by atoms with Gasteiger partial charge in [-0.05, 0) is 65.2 Å². The molecule has 214 valence electrons. The monoisotopic (exact) mass is 605 g/mol. The first-order valence-corrected chi connectivity index (χ1v) is 15.9. The summed E-state index contributed by atoms with van der Waals surface area (Å²) in [6.45, 7) is 0. The molecule has 0 unspecified atom stereocenters. The Bertz CT molecular complexity index is 2630. The molecule has 6 aromatic carbocycles. The summed E-state index contributed by atoms with van der Waals surface area (Å²) in [5.41, 5.74) is 10.3. The van der Waals surface area contributed by atoms with Crippen molar-refractivity contribution in [2.75, 3.05) is 0 Å². The number of hydrogen-bond acceptors (Lipinski definition) is 5. The molecule has 0 amide bonds. The van der Waals surface area contributed by atoms with E-state index in [2.05, 4.69) is 97.1 Å². The van der Waals surface area contributed by atoms with Crippen LogP contribution in [-0.2, 0) is 0 Å². The number of hydrogen-bond donors (Lipinski definition) is 0. The lowest BCUT2D eigenvalue weighted by Gasteiger charge is -2.10. The molecule has 0 spiro atoms. The largest absolute Gasteiger partial charge is 0.455 e. The molecule has 0 radical (unpaired) electrons. The van der Waals surface area contributed by atoms with E-state index in [0.717, 1.165) is 81.3 Å². The molecular weight excluding hydrogens is 583 g/mol. The SMILES string of the molecule is N#Cc1ccc(-c2nc(-c3cccc4oc5c(-c6ccccc6)cc(-c6ccccc6)cc5c34)c3sc4ccccc4c3n2)cc1. The number of aromatic nitrogens is 2. The van der Waals surface area contributed by atoms with Crippen LogP contribution in [0, 0.1) is 11.3 Å². The Morgan fingerprint density at radius 2 is 1.33 bits per heavy atom. The first-order valence-electron chi connectivity index (χ1n) is 15.1. The van der Waals surface area contributed by atoms with Gasteiger partial charge in [0.2, 0.25) is 0 Å². The smallest absolute Gasteiger partial charge is 0.160 e. The van der Waals surface area contributed by atoms with Gasteiger partial charge in [-0.3, -0.25) is 0 Å². The first-order chi connectivity index (χ1) is 22.7. The fourth-order valence-corrected chi connectivity index (χ4v) is 7.50. The minimum atomic E-state index is 0.601. The fraction of sp³-hybridized carbons (Fsp3) is 0. The van der Waals surface area contributed by atoms with Crippen LogP contribution in [0.3, 0.4) is 0 Å². The number of nitriles is 1. The quantitative estimate of drug-likeness (QED) is 0.200. The van der Waals surface area contributed by atoms with Gasteiger partial charge in [-0.1, -0.05) is 91.0 Å². The Kier molecular flexibility index (Phi) is 6.02. The highest BCUT2D eigenvalue weighted by Gasteiger charge is 2.22. The number of thiophene rings is 1. The van der Waals surface area contributed by atoms with E-state index in [1.54, 1.807) is 11.3 Å². The number of fused-ring (bicyclic) bond motifs is 6. The Hall–Kier alpha value is -6.09. The zero-order valence-corrected chi connectivity index (χ0v) is 25.3. The number of nitrogens with zero attached hydrogens (tertiary/aromatic N) is 3. The van der Waals surface area contributed by atoms with Crippen molar-refractivity contribution in [2.45, 2.75) is 0 Å². The molecule has 0 saturated heterocycles. The predicted molar refractivity (Wildman–Crippen MR) is 189 cm³/mol. The minimum Gasteiger partial charge on any atom is -0.455 e. The van der Waals surface area contributed by atoms with Crippen LogP contribution in [-0.4, -0.2) is 9.97 Å². The summed E-state index contributed by atoms with van der Waals surface area (Å²) in [5, 5.41) is 12.6. The van der Waals surface area contributed by atoms with E-state index in [4.69, 9.17) is 14.4 Å². The summed E-state index contributed by atoms with van der Waals surface area (Å²) in [6.07, 6.45) is 0. The molecule has 9 aromatic rings. The molecule has 5 heteroatoms. The summed E-state index contributed by atoms with van der Waals surface area (Å²) >= 11 is 1.71. The summed E-state index contributed by atoms with van der Waals surface area (Å²) in [6, 6.07) is 49.7. The van der Waals surface area contributed by atoms with Crippen LogP contribution in [0.4, 0.5) is 0 Å². The van der Waals surface area contributed by atoms with Crippen molar-refractivity contribution in [1.82, 2.24) is 9.97 Å².